The monoisotopic (exact) mass is 328 g/mol. The quantitative estimate of drug-likeness (QED) is 0.907. The van der Waals surface area contributed by atoms with Gasteiger partial charge in [-0.1, -0.05) is 56.1 Å². The molecule has 1 aliphatic rings. The number of halogens is 2. The average Bonchev–Trinajstić information content (AvgIpc) is 2.37. The second-order valence-corrected chi connectivity index (χ2v) is 7.06. The highest BCUT2D eigenvalue weighted by Crippen LogP contribution is 2.28. The van der Waals surface area contributed by atoms with E-state index >= 15 is 0 Å². The standard InChI is InChI=1S/C15H18Cl2N2O2/c1-15(2,3)13-14(21)19(8-11(20)18-13)7-9-5-4-6-10(16)12(9)17/h4-6,13H,7-8H2,1-3H3,(H,18,20). The maximum absolute atomic E-state index is 12.6. The van der Waals surface area contributed by atoms with Crippen molar-refractivity contribution in [2.24, 2.45) is 5.41 Å². The molecule has 114 valence electrons. The van der Waals surface area contributed by atoms with Crippen molar-refractivity contribution in [3.05, 3.63) is 33.8 Å². The Labute approximate surface area is 134 Å². The molecule has 21 heavy (non-hydrogen) atoms. The summed E-state index contributed by atoms with van der Waals surface area (Å²) in [6, 6.07) is 4.74. The third kappa shape index (κ3) is 3.50. The van der Waals surface area contributed by atoms with Gasteiger partial charge in [0, 0.05) is 6.54 Å². The Kier molecular flexibility index (Phi) is 4.49. The van der Waals surface area contributed by atoms with Crippen molar-refractivity contribution in [3.8, 4) is 0 Å². The lowest BCUT2D eigenvalue weighted by atomic mass is 9.84. The predicted molar refractivity (Wildman–Crippen MR) is 83.3 cm³/mol. The highest BCUT2D eigenvalue weighted by atomic mass is 35.5. The number of rotatable bonds is 2. The first-order chi connectivity index (χ1) is 9.70. The second-order valence-electron chi connectivity index (χ2n) is 6.27. The van der Waals surface area contributed by atoms with Crippen LogP contribution in [0.1, 0.15) is 26.3 Å². The van der Waals surface area contributed by atoms with E-state index in [4.69, 9.17) is 23.2 Å². The van der Waals surface area contributed by atoms with Crippen molar-refractivity contribution in [1.82, 2.24) is 10.2 Å². The topological polar surface area (TPSA) is 49.4 Å². The minimum Gasteiger partial charge on any atom is -0.342 e. The second kappa shape index (κ2) is 5.85. The van der Waals surface area contributed by atoms with Gasteiger partial charge < -0.3 is 10.2 Å². The van der Waals surface area contributed by atoms with Crippen LogP contribution in [-0.2, 0) is 16.1 Å². The minimum atomic E-state index is -0.531. The van der Waals surface area contributed by atoms with Crippen LogP contribution in [-0.4, -0.2) is 29.3 Å². The lowest BCUT2D eigenvalue weighted by molar-refractivity contribution is -0.147. The Morgan fingerprint density at radius 1 is 1.29 bits per heavy atom. The number of hydrogen-bond donors (Lipinski definition) is 1. The van der Waals surface area contributed by atoms with E-state index in [2.05, 4.69) is 5.32 Å². The van der Waals surface area contributed by atoms with Gasteiger partial charge in [0.2, 0.25) is 11.8 Å². The van der Waals surface area contributed by atoms with E-state index in [0.29, 0.717) is 10.0 Å². The Balaban J connectivity index is 2.25. The Hall–Kier alpha value is -1.26. The van der Waals surface area contributed by atoms with Crippen molar-refractivity contribution in [2.45, 2.75) is 33.4 Å². The summed E-state index contributed by atoms with van der Waals surface area (Å²) in [7, 11) is 0. The van der Waals surface area contributed by atoms with Crippen LogP contribution in [0.15, 0.2) is 18.2 Å². The number of amides is 2. The van der Waals surface area contributed by atoms with Gasteiger partial charge in [-0.3, -0.25) is 9.59 Å². The summed E-state index contributed by atoms with van der Waals surface area (Å²) in [6.07, 6.45) is 0. The molecule has 1 N–H and O–H groups in total. The molecular weight excluding hydrogens is 311 g/mol. The fourth-order valence-electron chi connectivity index (χ4n) is 2.30. The molecule has 1 aromatic carbocycles. The van der Waals surface area contributed by atoms with Crippen LogP contribution >= 0.6 is 23.2 Å². The first-order valence-electron chi connectivity index (χ1n) is 6.71. The molecule has 0 aliphatic carbocycles. The third-order valence-electron chi connectivity index (χ3n) is 3.46. The smallest absolute Gasteiger partial charge is 0.246 e. The summed E-state index contributed by atoms with van der Waals surface area (Å²) in [4.78, 5) is 25.9. The lowest BCUT2D eigenvalue weighted by Crippen LogP contribution is -2.61. The number of nitrogens with zero attached hydrogens (tertiary/aromatic N) is 1. The lowest BCUT2D eigenvalue weighted by Gasteiger charge is -2.39. The molecule has 1 aromatic rings. The van der Waals surface area contributed by atoms with Crippen molar-refractivity contribution in [2.75, 3.05) is 6.54 Å². The SMILES string of the molecule is CC(C)(C)C1NC(=O)CN(Cc2cccc(Cl)c2Cl)C1=O. The molecule has 2 amide bonds. The van der Waals surface area contributed by atoms with Crippen LogP contribution < -0.4 is 5.32 Å². The molecule has 0 saturated carbocycles. The zero-order valence-electron chi connectivity index (χ0n) is 12.2. The number of carbonyl (C=O) groups excluding carboxylic acids is 2. The van der Waals surface area contributed by atoms with Gasteiger partial charge >= 0.3 is 0 Å². The number of nitrogens with one attached hydrogen (secondary N) is 1. The zero-order chi connectivity index (χ0) is 15.8. The zero-order valence-corrected chi connectivity index (χ0v) is 13.8. The van der Waals surface area contributed by atoms with Crippen LogP contribution in [0.25, 0.3) is 0 Å². The molecule has 1 aliphatic heterocycles. The van der Waals surface area contributed by atoms with Gasteiger partial charge in [-0.2, -0.15) is 0 Å². The van der Waals surface area contributed by atoms with Gasteiger partial charge in [0.1, 0.15) is 6.04 Å². The highest BCUT2D eigenvalue weighted by molar-refractivity contribution is 6.42. The van der Waals surface area contributed by atoms with Gasteiger partial charge in [0.25, 0.3) is 0 Å². The maximum Gasteiger partial charge on any atom is 0.246 e. The van der Waals surface area contributed by atoms with Gasteiger partial charge in [0.15, 0.2) is 0 Å². The van der Waals surface area contributed by atoms with E-state index in [1.165, 1.54) is 4.90 Å². The van der Waals surface area contributed by atoms with Crippen LogP contribution in [0.2, 0.25) is 10.0 Å². The van der Waals surface area contributed by atoms with E-state index in [-0.39, 0.29) is 30.3 Å². The van der Waals surface area contributed by atoms with Gasteiger partial charge in [-0.25, -0.2) is 0 Å². The van der Waals surface area contributed by atoms with Crippen molar-refractivity contribution >= 4 is 35.0 Å². The first-order valence-corrected chi connectivity index (χ1v) is 7.47. The number of hydrogen-bond acceptors (Lipinski definition) is 2. The van der Waals surface area contributed by atoms with Crippen LogP contribution in [0.5, 0.6) is 0 Å². The van der Waals surface area contributed by atoms with E-state index in [1.54, 1.807) is 18.2 Å². The molecule has 0 spiro atoms. The highest BCUT2D eigenvalue weighted by Gasteiger charge is 2.39. The molecule has 6 heteroatoms. The average molecular weight is 329 g/mol. The molecule has 0 bridgehead atoms. The molecule has 0 aromatic heterocycles. The molecule has 1 saturated heterocycles. The van der Waals surface area contributed by atoms with Crippen molar-refractivity contribution in [3.63, 3.8) is 0 Å². The van der Waals surface area contributed by atoms with Gasteiger partial charge in [-0.05, 0) is 17.0 Å². The molecule has 0 radical (unpaired) electrons. The maximum atomic E-state index is 12.6. The summed E-state index contributed by atoms with van der Waals surface area (Å²) < 4.78 is 0. The Morgan fingerprint density at radius 3 is 2.57 bits per heavy atom. The molecule has 4 nitrogen and oxygen atoms in total. The summed E-state index contributed by atoms with van der Waals surface area (Å²) in [6.45, 7) is 6.08. The molecule has 1 heterocycles. The normalized spacial score (nSPS) is 19.7. The molecule has 1 atom stereocenters. The van der Waals surface area contributed by atoms with Crippen LogP contribution in [0, 0.1) is 5.41 Å². The van der Waals surface area contributed by atoms with Crippen molar-refractivity contribution < 1.29 is 9.59 Å². The number of piperazine rings is 1. The van der Waals surface area contributed by atoms with E-state index in [0.717, 1.165) is 5.56 Å². The van der Waals surface area contributed by atoms with E-state index in [9.17, 15) is 9.59 Å². The summed E-state index contributed by atoms with van der Waals surface area (Å²) in [5.41, 5.74) is 0.392. The number of carbonyl (C=O) groups is 2. The molecule has 1 fully saturated rings. The van der Waals surface area contributed by atoms with E-state index < -0.39 is 6.04 Å². The van der Waals surface area contributed by atoms with Crippen LogP contribution in [0.4, 0.5) is 0 Å². The van der Waals surface area contributed by atoms with E-state index in [1.807, 2.05) is 20.8 Å². The summed E-state index contributed by atoms with van der Waals surface area (Å²) >= 11 is 12.1. The Bertz CT molecular complexity index is 582. The van der Waals surface area contributed by atoms with Gasteiger partial charge in [0.05, 0.1) is 16.6 Å². The molecule has 1 unspecified atom stereocenters. The van der Waals surface area contributed by atoms with Crippen molar-refractivity contribution in [1.29, 1.82) is 0 Å². The predicted octanol–water partition coefficient (Wildman–Crippen LogP) is 2.87. The molecule has 2 rings (SSSR count). The Morgan fingerprint density at radius 2 is 1.95 bits per heavy atom. The fraction of sp³-hybridized carbons (Fsp3) is 0.467. The third-order valence-corrected chi connectivity index (χ3v) is 4.32. The fourth-order valence-corrected chi connectivity index (χ4v) is 2.68. The van der Waals surface area contributed by atoms with Gasteiger partial charge in [-0.15, -0.1) is 0 Å². The minimum absolute atomic E-state index is 0.0360. The molecular formula is C15H18Cl2N2O2. The van der Waals surface area contributed by atoms with Crippen LogP contribution in [0.3, 0.4) is 0 Å². The first kappa shape index (κ1) is 16.1. The summed E-state index contributed by atoms with van der Waals surface area (Å²) in [5, 5.41) is 3.62. The largest absolute Gasteiger partial charge is 0.342 e. The number of benzene rings is 1. The summed E-state index contributed by atoms with van der Waals surface area (Å²) in [5.74, 6) is -0.259.